The van der Waals surface area contributed by atoms with Gasteiger partial charge in [-0.2, -0.15) is 0 Å². The molecule has 0 fully saturated rings. The number of hydrogen-bond donors (Lipinski definition) is 1. The van der Waals surface area contributed by atoms with E-state index >= 15 is 0 Å². The predicted molar refractivity (Wildman–Crippen MR) is 86.9 cm³/mol. The van der Waals surface area contributed by atoms with Gasteiger partial charge in [-0.1, -0.05) is 6.07 Å². The normalized spacial score (nSPS) is 10.4. The molecule has 1 aromatic carbocycles. The molecule has 122 valence electrons. The highest BCUT2D eigenvalue weighted by Gasteiger charge is 2.12. The van der Waals surface area contributed by atoms with E-state index in [1.165, 1.54) is 18.2 Å². The number of hydrogen-bond acceptors (Lipinski definition) is 4. The quantitative estimate of drug-likeness (QED) is 0.878. The Morgan fingerprint density at radius 3 is 2.83 bits per heavy atom. The van der Waals surface area contributed by atoms with Crippen LogP contribution in [0.1, 0.15) is 20.2 Å². The molecule has 1 aromatic heterocycles. The van der Waals surface area contributed by atoms with Crippen molar-refractivity contribution in [1.29, 1.82) is 0 Å². The van der Waals surface area contributed by atoms with Gasteiger partial charge in [-0.3, -0.25) is 9.59 Å². The fourth-order valence-corrected chi connectivity index (χ4v) is 2.70. The summed E-state index contributed by atoms with van der Waals surface area (Å²) in [5, 5.41) is 3.48. The number of aryl methyl sites for hydroxylation is 1. The summed E-state index contributed by atoms with van der Waals surface area (Å²) >= 11 is 1.60. The van der Waals surface area contributed by atoms with Crippen LogP contribution in [-0.2, 0) is 11.2 Å². The van der Waals surface area contributed by atoms with Crippen LogP contribution >= 0.6 is 11.3 Å². The standard InChI is InChI=1S/C16H18FN3O2S/c1-11-9-18-14(23-11)6-7-20(2)15(21)10-19-16(22)12-4-3-5-13(17)8-12/h3-5,8-9H,6-7,10H2,1-2H3,(H,19,22). The van der Waals surface area contributed by atoms with Crippen molar-refractivity contribution in [1.82, 2.24) is 15.2 Å². The van der Waals surface area contributed by atoms with Gasteiger partial charge >= 0.3 is 0 Å². The van der Waals surface area contributed by atoms with Crippen LogP contribution in [0.2, 0.25) is 0 Å². The lowest BCUT2D eigenvalue weighted by Gasteiger charge is -2.16. The van der Waals surface area contributed by atoms with E-state index < -0.39 is 11.7 Å². The van der Waals surface area contributed by atoms with Crippen molar-refractivity contribution >= 4 is 23.2 Å². The number of rotatable bonds is 6. The molecular weight excluding hydrogens is 317 g/mol. The number of benzene rings is 1. The largest absolute Gasteiger partial charge is 0.344 e. The number of carbonyl (C=O) groups is 2. The van der Waals surface area contributed by atoms with Crippen molar-refractivity contribution in [2.24, 2.45) is 0 Å². The molecular formula is C16H18FN3O2S. The smallest absolute Gasteiger partial charge is 0.251 e. The summed E-state index contributed by atoms with van der Waals surface area (Å²) in [7, 11) is 1.68. The molecule has 0 saturated carbocycles. The van der Waals surface area contributed by atoms with Crippen molar-refractivity contribution in [3.8, 4) is 0 Å². The highest BCUT2D eigenvalue weighted by atomic mass is 32.1. The summed E-state index contributed by atoms with van der Waals surface area (Å²) in [6.07, 6.45) is 2.49. The third kappa shape index (κ3) is 5.14. The van der Waals surface area contributed by atoms with E-state index in [1.807, 2.05) is 6.92 Å². The Labute approximate surface area is 138 Å². The Morgan fingerprint density at radius 1 is 1.39 bits per heavy atom. The molecule has 2 amide bonds. The lowest BCUT2D eigenvalue weighted by Crippen LogP contribution is -2.39. The minimum Gasteiger partial charge on any atom is -0.344 e. The summed E-state index contributed by atoms with van der Waals surface area (Å²) < 4.78 is 13.1. The van der Waals surface area contributed by atoms with Gasteiger partial charge in [0.25, 0.3) is 5.91 Å². The molecule has 5 nitrogen and oxygen atoms in total. The number of amides is 2. The van der Waals surface area contributed by atoms with E-state index in [-0.39, 0.29) is 18.0 Å². The number of thiazole rings is 1. The SMILES string of the molecule is Cc1cnc(CCN(C)C(=O)CNC(=O)c2cccc(F)c2)s1. The third-order valence-electron chi connectivity index (χ3n) is 3.24. The number of likely N-dealkylation sites (N-methyl/N-ethyl adjacent to an activating group) is 1. The number of aromatic nitrogens is 1. The molecule has 0 aliphatic carbocycles. The van der Waals surface area contributed by atoms with Crippen LogP contribution in [0.5, 0.6) is 0 Å². The number of carbonyl (C=O) groups excluding carboxylic acids is 2. The highest BCUT2D eigenvalue weighted by Crippen LogP contribution is 2.11. The lowest BCUT2D eigenvalue weighted by atomic mass is 10.2. The maximum Gasteiger partial charge on any atom is 0.251 e. The Kier molecular flexibility index (Phi) is 5.81. The topological polar surface area (TPSA) is 62.3 Å². The minimum absolute atomic E-state index is 0.122. The lowest BCUT2D eigenvalue weighted by molar-refractivity contribution is -0.128. The molecule has 2 aromatic rings. The fraction of sp³-hybridized carbons (Fsp3) is 0.312. The van der Waals surface area contributed by atoms with E-state index in [9.17, 15) is 14.0 Å². The molecule has 0 saturated heterocycles. The molecule has 0 unspecified atom stereocenters. The second-order valence-electron chi connectivity index (χ2n) is 5.12. The molecule has 0 aliphatic rings. The molecule has 23 heavy (non-hydrogen) atoms. The van der Waals surface area contributed by atoms with Gasteiger partial charge in [-0.25, -0.2) is 9.37 Å². The average Bonchev–Trinajstić information content (AvgIpc) is 2.95. The highest BCUT2D eigenvalue weighted by molar-refractivity contribution is 7.11. The number of nitrogens with one attached hydrogen (secondary N) is 1. The molecule has 1 heterocycles. The van der Waals surface area contributed by atoms with Gasteiger partial charge in [0.1, 0.15) is 5.82 Å². The van der Waals surface area contributed by atoms with Crippen LogP contribution in [0.25, 0.3) is 0 Å². The number of nitrogens with zero attached hydrogens (tertiary/aromatic N) is 2. The molecule has 0 atom stereocenters. The molecule has 0 bridgehead atoms. The zero-order valence-electron chi connectivity index (χ0n) is 13.0. The second-order valence-corrected chi connectivity index (χ2v) is 6.44. The van der Waals surface area contributed by atoms with Crippen molar-refractivity contribution < 1.29 is 14.0 Å². The van der Waals surface area contributed by atoms with Gasteiger partial charge in [-0.05, 0) is 25.1 Å². The van der Waals surface area contributed by atoms with Crippen LogP contribution in [0.15, 0.2) is 30.5 Å². The van der Waals surface area contributed by atoms with Gasteiger partial charge in [0.2, 0.25) is 5.91 Å². The second kappa shape index (κ2) is 7.82. The van der Waals surface area contributed by atoms with Crippen molar-refractivity contribution in [3.63, 3.8) is 0 Å². The zero-order chi connectivity index (χ0) is 16.8. The van der Waals surface area contributed by atoms with Crippen LogP contribution in [-0.4, -0.2) is 41.8 Å². The van der Waals surface area contributed by atoms with Gasteiger partial charge in [0, 0.05) is 36.7 Å². The van der Waals surface area contributed by atoms with Crippen LogP contribution in [0, 0.1) is 12.7 Å². The molecule has 0 radical (unpaired) electrons. The van der Waals surface area contributed by atoms with E-state index in [1.54, 1.807) is 29.5 Å². The average molecular weight is 335 g/mol. The molecule has 1 N–H and O–H groups in total. The Hall–Kier alpha value is -2.28. The Bertz CT molecular complexity index is 702. The Morgan fingerprint density at radius 2 is 2.17 bits per heavy atom. The summed E-state index contributed by atoms with van der Waals surface area (Å²) in [5.41, 5.74) is 0.193. The first kappa shape index (κ1) is 17.1. The summed E-state index contributed by atoms with van der Waals surface area (Å²) in [6, 6.07) is 5.34. The van der Waals surface area contributed by atoms with Crippen LogP contribution in [0.4, 0.5) is 4.39 Å². The maximum atomic E-state index is 13.1. The van der Waals surface area contributed by atoms with Crippen molar-refractivity contribution in [2.75, 3.05) is 20.1 Å². The Balaban J connectivity index is 1.78. The monoisotopic (exact) mass is 335 g/mol. The van der Waals surface area contributed by atoms with Gasteiger partial charge in [0.05, 0.1) is 11.6 Å². The van der Waals surface area contributed by atoms with Crippen LogP contribution in [0.3, 0.4) is 0 Å². The minimum atomic E-state index is -0.486. The fourth-order valence-electron chi connectivity index (χ4n) is 1.93. The predicted octanol–water partition coefficient (Wildman–Crippen LogP) is 2.02. The summed E-state index contributed by atoms with van der Waals surface area (Å²) in [5.74, 6) is -1.16. The van der Waals surface area contributed by atoms with Crippen LogP contribution < -0.4 is 5.32 Å². The maximum absolute atomic E-state index is 13.1. The summed E-state index contributed by atoms with van der Waals surface area (Å²) in [4.78, 5) is 30.8. The van der Waals surface area contributed by atoms with E-state index in [0.29, 0.717) is 13.0 Å². The molecule has 0 aliphatic heterocycles. The number of halogens is 1. The first-order chi connectivity index (χ1) is 11.0. The van der Waals surface area contributed by atoms with Gasteiger partial charge < -0.3 is 10.2 Å². The van der Waals surface area contributed by atoms with Crippen molar-refractivity contribution in [3.05, 3.63) is 51.7 Å². The molecule has 2 rings (SSSR count). The van der Waals surface area contributed by atoms with E-state index in [0.717, 1.165) is 16.0 Å². The zero-order valence-corrected chi connectivity index (χ0v) is 13.8. The first-order valence-corrected chi connectivity index (χ1v) is 7.96. The van der Waals surface area contributed by atoms with E-state index in [2.05, 4.69) is 10.3 Å². The third-order valence-corrected chi connectivity index (χ3v) is 4.22. The molecule has 7 heteroatoms. The van der Waals surface area contributed by atoms with E-state index in [4.69, 9.17) is 0 Å². The summed E-state index contributed by atoms with van der Waals surface area (Å²) in [6.45, 7) is 2.39. The van der Waals surface area contributed by atoms with Crippen molar-refractivity contribution in [2.45, 2.75) is 13.3 Å². The van der Waals surface area contributed by atoms with Gasteiger partial charge in [0.15, 0.2) is 0 Å². The first-order valence-electron chi connectivity index (χ1n) is 7.15. The van der Waals surface area contributed by atoms with Gasteiger partial charge in [-0.15, -0.1) is 11.3 Å². The molecule has 0 spiro atoms.